The summed E-state index contributed by atoms with van der Waals surface area (Å²) in [5, 5.41) is 4.82. The molecular formula is C16H25BrN2OS. The molecule has 2 unspecified atom stereocenters. The molecule has 0 bridgehead atoms. The average Bonchev–Trinajstić information content (AvgIpc) is 2.44. The summed E-state index contributed by atoms with van der Waals surface area (Å²) in [6.45, 7) is 9.41. The summed E-state index contributed by atoms with van der Waals surface area (Å²) < 4.78 is 6.24. The molecule has 0 radical (unpaired) electrons. The number of hydrogen-bond acceptors (Lipinski definition) is 4. The van der Waals surface area contributed by atoms with Crippen molar-refractivity contribution < 1.29 is 4.74 Å². The Morgan fingerprint density at radius 1 is 1.33 bits per heavy atom. The van der Waals surface area contributed by atoms with Gasteiger partial charge in [-0.3, -0.25) is 0 Å². The van der Waals surface area contributed by atoms with Gasteiger partial charge >= 0.3 is 0 Å². The SMILES string of the molecule is COCCNCc1ccc(Br)cc1N1CC(C)SC(C)C1. The summed E-state index contributed by atoms with van der Waals surface area (Å²) in [6, 6.07) is 6.60. The van der Waals surface area contributed by atoms with Gasteiger partial charge in [-0.25, -0.2) is 0 Å². The van der Waals surface area contributed by atoms with Crippen molar-refractivity contribution in [1.82, 2.24) is 5.32 Å². The van der Waals surface area contributed by atoms with Crippen LogP contribution < -0.4 is 10.2 Å². The van der Waals surface area contributed by atoms with Crippen LogP contribution in [0.1, 0.15) is 19.4 Å². The molecular weight excluding hydrogens is 348 g/mol. The topological polar surface area (TPSA) is 24.5 Å². The molecule has 1 aliphatic heterocycles. The molecule has 1 saturated heterocycles. The quantitative estimate of drug-likeness (QED) is 0.772. The smallest absolute Gasteiger partial charge is 0.0587 e. The summed E-state index contributed by atoms with van der Waals surface area (Å²) in [7, 11) is 1.74. The van der Waals surface area contributed by atoms with E-state index in [-0.39, 0.29) is 0 Å². The van der Waals surface area contributed by atoms with Gasteiger partial charge in [-0.1, -0.05) is 35.8 Å². The van der Waals surface area contributed by atoms with Gasteiger partial charge in [0, 0.05) is 53.9 Å². The first-order chi connectivity index (χ1) is 10.1. The zero-order valence-electron chi connectivity index (χ0n) is 13.1. The molecule has 118 valence electrons. The molecule has 1 aromatic rings. The second kappa shape index (κ2) is 8.42. The number of benzene rings is 1. The summed E-state index contributed by atoms with van der Waals surface area (Å²) >= 11 is 5.70. The van der Waals surface area contributed by atoms with Crippen molar-refractivity contribution in [2.75, 3.05) is 38.3 Å². The molecule has 2 rings (SSSR count). The maximum Gasteiger partial charge on any atom is 0.0587 e. The Balaban J connectivity index is 2.10. The molecule has 21 heavy (non-hydrogen) atoms. The van der Waals surface area contributed by atoms with Crippen LogP contribution >= 0.6 is 27.7 Å². The van der Waals surface area contributed by atoms with Crippen LogP contribution in [0.25, 0.3) is 0 Å². The van der Waals surface area contributed by atoms with Crippen molar-refractivity contribution in [1.29, 1.82) is 0 Å². The summed E-state index contributed by atoms with van der Waals surface area (Å²) in [5.41, 5.74) is 2.72. The number of thioether (sulfide) groups is 1. The fourth-order valence-electron chi connectivity index (χ4n) is 2.75. The van der Waals surface area contributed by atoms with Crippen molar-refractivity contribution in [3.63, 3.8) is 0 Å². The van der Waals surface area contributed by atoms with Gasteiger partial charge in [0.25, 0.3) is 0 Å². The molecule has 0 saturated carbocycles. The highest BCUT2D eigenvalue weighted by Gasteiger charge is 2.24. The number of rotatable bonds is 6. The first-order valence-corrected chi connectivity index (χ1v) is 9.22. The molecule has 1 aliphatic rings. The summed E-state index contributed by atoms with van der Waals surface area (Å²) in [4.78, 5) is 2.53. The van der Waals surface area contributed by atoms with Crippen LogP contribution in [0, 0.1) is 0 Å². The van der Waals surface area contributed by atoms with Gasteiger partial charge in [0.2, 0.25) is 0 Å². The van der Waals surface area contributed by atoms with Crippen molar-refractivity contribution in [2.24, 2.45) is 0 Å². The Morgan fingerprint density at radius 2 is 2.05 bits per heavy atom. The van der Waals surface area contributed by atoms with E-state index in [0.29, 0.717) is 10.5 Å². The summed E-state index contributed by atoms with van der Waals surface area (Å²) in [6.07, 6.45) is 0. The second-order valence-corrected chi connectivity index (χ2v) is 8.40. The van der Waals surface area contributed by atoms with Crippen molar-refractivity contribution >= 4 is 33.4 Å². The molecule has 5 heteroatoms. The predicted molar refractivity (Wildman–Crippen MR) is 96.5 cm³/mol. The third kappa shape index (κ3) is 5.16. The standard InChI is InChI=1S/C16H25BrN2OS/c1-12-10-19(11-13(2)21-12)16-8-15(17)5-4-14(16)9-18-6-7-20-3/h4-5,8,12-13,18H,6-7,9-11H2,1-3H3. The third-order valence-corrected chi connectivity index (χ3v) is 5.33. The molecule has 1 heterocycles. The molecule has 1 aromatic carbocycles. The molecule has 0 spiro atoms. The van der Waals surface area contributed by atoms with E-state index in [9.17, 15) is 0 Å². The average molecular weight is 373 g/mol. The van der Waals surface area contributed by atoms with E-state index < -0.39 is 0 Å². The van der Waals surface area contributed by atoms with E-state index in [0.717, 1.165) is 37.3 Å². The minimum absolute atomic E-state index is 0.682. The lowest BCUT2D eigenvalue weighted by molar-refractivity contribution is 0.199. The van der Waals surface area contributed by atoms with Gasteiger partial charge in [0.15, 0.2) is 0 Å². The van der Waals surface area contributed by atoms with Crippen molar-refractivity contribution in [3.8, 4) is 0 Å². The zero-order valence-corrected chi connectivity index (χ0v) is 15.5. The van der Waals surface area contributed by atoms with Crippen molar-refractivity contribution in [3.05, 3.63) is 28.2 Å². The Bertz CT molecular complexity index is 448. The van der Waals surface area contributed by atoms with Crippen LogP contribution in [0.4, 0.5) is 5.69 Å². The number of hydrogen-bond donors (Lipinski definition) is 1. The lowest BCUT2D eigenvalue weighted by atomic mass is 10.1. The number of nitrogens with one attached hydrogen (secondary N) is 1. The number of halogens is 1. The van der Waals surface area contributed by atoms with Crippen LogP contribution in [0.2, 0.25) is 0 Å². The highest BCUT2D eigenvalue weighted by atomic mass is 79.9. The zero-order chi connectivity index (χ0) is 15.2. The minimum atomic E-state index is 0.682. The Morgan fingerprint density at radius 3 is 2.71 bits per heavy atom. The number of anilines is 1. The molecule has 1 fully saturated rings. The second-order valence-electron chi connectivity index (χ2n) is 5.60. The van der Waals surface area contributed by atoms with Gasteiger partial charge in [0.05, 0.1) is 6.61 Å². The van der Waals surface area contributed by atoms with Gasteiger partial charge in [-0.05, 0) is 17.7 Å². The van der Waals surface area contributed by atoms with Crippen molar-refractivity contribution in [2.45, 2.75) is 30.9 Å². The highest BCUT2D eigenvalue weighted by Crippen LogP contribution is 2.32. The number of methoxy groups -OCH3 is 1. The monoisotopic (exact) mass is 372 g/mol. The lowest BCUT2D eigenvalue weighted by Gasteiger charge is -2.37. The lowest BCUT2D eigenvalue weighted by Crippen LogP contribution is -2.41. The first kappa shape index (κ1) is 17.1. The van der Waals surface area contributed by atoms with Gasteiger partial charge < -0.3 is 15.0 Å². The number of ether oxygens (including phenoxy) is 1. The van der Waals surface area contributed by atoms with E-state index in [1.165, 1.54) is 11.3 Å². The predicted octanol–water partition coefficient (Wildman–Crippen LogP) is 3.52. The van der Waals surface area contributed by atoms with E-state index in [1.807, 2.05) is 0 Å². The summed E-state index contributed by atoms with van der Waals surface area (Å²) in [5.74, 6) is 0. The van der Waals surface area contributed by atoms with Crippen LogP contribution in [-0.2, 0) is 11.3 Å². The van der Waals surface area contributed by atoms with Gasteiger partial charge in [-0.15, -0.1) is 0 Å². The normalized spacial score (nSPS) is 22.6. The molecule has 0 aromatic heterocycles. The van der Waals surface area contributed by atoms with Crippen LogP contribution in [0.3, 0.4) is 0 Å². The van der Waals surface area contributed by atoms with Gasteiger partial charge in [-0.2, -0.15) is 11.8 Å². The van der Waals surface area contributed by atoms with E-state index in [1.54, 1.807) is 7.11 Å². The maximum absolute atomic E-state index is 5.09. The third-order valence-electron chi connectivity index (χ3n) is 3.61. The van der Waals surface area contributed by atoms with Gasteiger partial charge in [0.1, 0.15) is 0 Å². The molecule has 3 nitrogen and oxygen atoms in total. The van der Waals surface area contributed by atoms with Crippen LogP contribution in [-0.4, -0.2) is 43.9 Å². The van der Waals surface area contributed by atoms with E-state index >= 15 is 0 Å². The molecule has 0 aliphatic carbocycles. The fourth-order valence-corrected chi connectivity index (χ4v) is 4.43. The van der Waals surface area contributed by atoms with Crippen LogP contribution in [0.15, 0.2) is 22.7 Å². The molecule has 2 atom stereocenters. The largest absolute Gasteiger partial charge is 0.383 e. The number of nitrogens with zero attached hydrogens (tertiary/aromatic N) is 1. The van der Waals surface area contributed by atoms with Crippen LogP contribution in [0.5, 0.6) is 0 Å². The Kier molecular flexibility index (Phi) is 6.86. The Labute approximate surface area is 140 Å². The fraction of sp³-hybridized carbons (Fsp3) is 0.625. The highest BCUT2D eigenvalue weighted by molar-refractivity contribution is 9.10. The minimum Gasteiger partial charge on any atom is -0.383 e. The maximum atomic E-state index is 5.09. The Hall–Kier alpha value is -0.230. The van der Waals surface area contributed by atoms with E-state index in [4.69, 9.17) is 4.74 Å². The molecule has 1 N–H and O–H groups in total. The van der Waals surface area contributed by atoms with E-state index in [2.05, 4.69) is 70.0 Å². The first-order valence-electron chi connectivity index (χ1n) is 7.48. The molecule has 0 amide bonds.